The van der Waals surface area contributed by atoms with E-state index >= 15 is 0 Å². The summed E-state index contributed by atoms with van der Waals surface area (Å²) in [5.41, 5.74) is 5.59. The molecule has 0 aliphatic rings. The lowest BCUT2D eigenvalue weighted by Crippen LogP contribution is -2.46. The molecule has 1 aromatic heterocycles. The number of nitrogens with zero attached hydrogens (tertiary/aromatic N) is 1. The van der Waals surface area contributed by atoms with Crippen LogP contribution in [0.1, 0.15) is 21.7 Å². The smallest absolute Gasteiger partial charge is 0.273 e. The number of hydrogen-bond acceptors (Lipinski definition) is 5. The number of aryl methyl sites for hydroxylation is 2. The van der Waals surface area contributed by atoms with Crippen molar-refractivity contribution in [2.75, 3.05) is 13.6 Å². The van der Waals surface area contributed by atoms with Crippen LogP contribution in [0.5, 0.6) is 0 Å². The van der Waals surface area contributed by atoms with E-state index in [-0.39, 0.29) is 10.5 Å². The van der Waals surface area contributed by atoms with E-state index in [4.69, 9.17) is 4.42 Å². The van der Waals surface area contributed by atoms with Crippen LogP contribution >= 0.6 is 0 Å². The first kappa shape index (κ1) is 18.7. The van der Waals surface area contributed by atoms with Crippen LogP contribution in [0.25, 0.3) is 0 Å². The Morgan fingerprint density at radius 2 is 1.72 bits per heavy atom. The van der Waals surface area contributed by atoms with Gasteiger partial charge in [-0.2, -0.15) is 4.31 Å². The molecule has 2 N–H and O–H groups in total. The summed E-state index contributed by atoms with van der Waals surface area (Å²) in [7, 11) is -2.51. The Balaban J connectivity index is 1.94. The predicted octanol–water partition coefficient (Wildman–Crippen LogP) is 0.978. The summed E-state index contributed by atoms with van der Waals surface area (Å²) in [6.45, 7) is 3.01. The van der Waals surface area contributed by atoms with Gasteiger partial charge in [-0.25, -0.2) is 8.42 Å². The van der Waals surface area contributed by atoms with Gasteiger partial charge in [-0.05, 0) is 32.0 Å². The van der Waals surface area contributed by atoms with Crippen molar-refractivity contribution in [1.29, 1.82) is 0 Å². The van der Waals surface area contributed by atoms with Gasteiger partial charge in [0.15, 0.2) is 0 Å². The van der Waals surface area contributed by atoms with Crippen molar-refractivity contribution in [1.82, 2.24) is 15.2 Å². The highest BCUT2D eigenvalue weighted by atomic mass is 32.2. The third kappa shape index (κ3) is 4.46. The minimum absolute atomic E-state index is 0.0893. The Bertz CT molecular complexity index is 871. The van der Waals surface area contributed by atoms with Crippen molar-refractivity contribution in [3.8, 4) is 0 Å². The minimum atomic E-state index is -3.79. The summed E-state index contributed by atoms with van der Waals surface area (Å²) in [4.78, 5) is 23.8. The van der Waals surface area contributed by atoms with E-state index in [0.29, 0.717) is 5.76 Å². The number of likely N-dealkylation sites (N-methyl/N-ethyl adjacent to an activating group) is 1. The molecular formula is C16H19N3O5S. The van der Waals surface area contributed by atoms with Crippen LogP contribution in [0.3, 0.4) is 0 Å². The number of hydrazine groups is 1. The third-order valence-corrected chi connectivity index (χ3v) is 5.33. The summed E-state index contributed by atoms with van der Waals surface area (Å²) in [6, 6.07) is 7.76. The number of carbonyl (C=O) groups excluding carboxylic acids is 2. The summed E-state index contributed by atoms with van der Waals surface area (Å²) < 4.78 is 30.7. The van der Waals surface area contributed by atoms with Gasteiger partial charge in [0.25, 0.3) is 11.8 Å². The molecule has 0 aliphatic heterocycles. The number of amides is 2. The highest BCUT2D eigenvalue weighted by Crippen LogP contribution is 2.14. The summed E-state index contributed by atoms with van der Waals surface area (Å²) >= 11 is 0. The van der Waals surface area contributed by atoms with Crippen molar-refractivity contribution in [3.63, 3.8) is 0 Å². The SMILES string of the molecule is Cc1ccc(S(=O)(=O)N(C)CC(=O)NNC(=O)c2ccoc2C)cc1. The van der Waals surface area contributed by atoms with Crippen LogP contribution < -0.4 is 10.9 Å². The minimum Gasteiger partial charge on any atom is -0.469 e. The van der Waals surface area contributed by atoms with Crippen LogP contribution in [0.4, 0.5) is 0 Å². The fraction of sp³-hybridized carbons (Fsp3) is 0.250. The lowest BCUT2D eigenvalue weighted by molar-refractivity contribution is -0.121. The van der Waals surface area contributed by atoms with Gasteiger partial charge >= 0.3 is 0 Å². The Hall–Kier alpha value is -2.65. The molecule has 0 fully saturated rings. The summed E-state index contributed by atoms with van der Waals surface area (Å²) in [6.07, 6.45) is 1.36. The van der Waals surface area contributed by atoms with Gasteiger partial charge in [0.05, 0.1) is 23.3 Å². The van der Waals surface area contributed by atoms with E-state index in [1.807, 2.05) is 6.92 Å². The molecule has 1 aromatic carbocycles. The van der Waals surface area contributed by atoms with E-state index in [2.05, 4.69) is 10.9 Å². The van der Waals surface area contributed by atoms with Gasteiger partial charge in [0.2, 0.25) is 10.0 Å². The molecule has 0 radical (unpaired) electrons. The van der Waals surface area contributed by atoms with Gasteiger partial charge in [-0.1, -0.05) is 17.7 Å². The maximum atomic E-state index is 12.4. The zero-order chi connectivity index (χ0) is 18.6. The summed E-state index contributed by atoms with van der Waals surface area (Å²) in [5, 5.41) is 0. The molecule has 8 nitrogen and oxygen atoms in total. The maximum absolute atomic E-state index is 12.4. The first-order valence-electron chi connectivity index (χ1n) is 7.38. The van der Waals surface area contributed by atoms with Crippen LogP contribution in [0.2, 0.25) is 0 Å². The molecule has 2 rings (SSSR count). The lowest BCUT2D eigenvalue weighted by Gasteiger charge is -2.17. The van der Waals surface area contributed by atoms with E-state index in [1.54, 1.807) is 19.1 Å². The molecule has 0 spiro atoms. The number of benzene rings is 1. The van der Waals surface area contributed by atoms with Crippen molar-refractivity contribution in [2.24, 2.45) is 0 Å². The zero-order valence-electron chi connectivity index (χ0n) is 14.1. The van der Waals surface area contributed by atoms with E-state index in [9.17, 15) is 18.0 Å². The molecule has 25 heavy (non-hydrogen) atoms. The Labute approximate surface area is 145 Å². The maximum Gasteiger partial charge on any atom is 0.273 e. The number of hydrogen-bond donors (Lipinski definition) is 2. The van der Waals surface area contributed by atoms with Crippen molar-refractivity contribution < 1.29 is 22.4 Å². The van der Waals surface area contributed by atoms with Gasteiger partial charge in [0, 0.05) is 7.05 Å². The van der Waals surface area contributed by atoms with Crippen LogP contribution in [0.15, 0.2) is 45.9 Å². The quantitative estimate of drug-likeness (QED) is 0.768. The topological polar surface area (TPSA) is 109 Å². The van der Waals surface area contributed by atoms with E-state index in [0.717, 1.165) is 9.87 Å². The molecular weight excluding hydrogens is 346 g/mol. The van der Waals surface area contributed by atoms with Gasteiger partial charge < -0.3 is 4.42 Å². The molecule has 0 atom stereocenters. The normalized spacial score (nSPS) is 11.4. The fourth-order valence-electron chi connectivity index (χ4n) is 2.03. The second-order valence-electron chi connectivity index (χ2n) is 5.47. The van der Waals surface area contributed by atoms with Gasteiger partial charge in [-0.15, -0.1) is 0 Å². The van der Waals surface area contributed by atoms with Gasteiger partial charge in [-0.3, -0.25) is 20.4 Å². The molecule has 0 unspecified atom stereocenters. The number of sulfonamides is 1. The molecule has 1 heterocycles. The standard InChI is InChI=1S/C16H19N3O5S/c1-11-4-6-13(7-5-11)25(22,23)19(3)10-15(20)17-18-16(21)14-8-9-24-12(14)2/h4-9H,10H2,1-3H3,(H,17,20)(H,18,21). The monoisotopic (exact) mass is 365 g/mol. The first-order valence-corrected chi connectivity index (χ1v) is 8.82. The van der Waals surface area contributed by atoms with Crippen LogP contribution in [0, 0.1) is 13.8 Å². The summed E-state index contributed by atoms with van der Waals surface area (Å²) in [5.74, 6) is -0.817. The molecule has 9 heteroatoms. The average molecular weight is 365 g/mol. The van der Waals surface area contributed by atoms with Crippen LogP contribution in [-0.4, -0.2) is 38.1 Å². The van der Waals surface area contributed by atoms with E-state index in [1.165, 1.54) is 31.5 Å². The lowest BCUT2D eigenvalue weighted by atomic mass is 10.2. The molecule has 0 saturated carbocycles. The third-order valence-electron chi connectivity index (χ3n) is 3.51. The highest BCUT2D eigenvalue weighted by molar-refractivity contribution is 7.89. The molecule has 0 aliphatic carbocycles. The first-order chi connectivity index (χ1) is 11.7. The molecule has 2 aromatic rings. The Kier molecular flexibility index (Phi) is 5.60. The number of carbonyl (C=O) groups is 2. The largest absolute Gasteiger partial charge is 0.469 e. The predicted molar refractivity (Wildman–Crippen MR) is 90.0 cm³/mol. The highest BCUT2D eigenvalue weighted by Gasteiger charge is 2.23. The number of furan rings is 1. The van der Waals surface area contributed by atoms with Crippen molar-refractivity contribution in [3.05, 3.63) is 53.5 Å². The van der Waals surface area contributed by atoms with E-state index < -0.39 is 28.4 Å². The second kappa shape index (κ2) is 7.49. The number of nitrogens with one attached hydrogen (secondary N) is 2. The Morgan fingerprint density at radius 3 is 2.28 bits per heavy atom. The van der Waals surface area contributed by atoms with Crippen LogP contribution in [-0.2, 0) is 14.8 Å². The molecule has 2 amide bonds. The molecule has 134 valence electrons. The number of rotatable bonds is 5. The van der Waals surface area contributed by atoms with Crippen molar-refractivity contribution >= 4 is 21.8 Å². The average Bonchev–Trinajstić information content (AvgIpc) is 2.99. The second-order valence-corrected chi connectivity index (χ2v) is 7.51. The fourth-order valence-corrected chi connectivity index (χ4v) is 3.16. The molecule has 0 saturated heterocycles. The van der Waals surface area contributed by atoms with Crippen molar-refractivity contribution in [2.45, 2.75) is 18.7 Å². The molecule has 0 bridgehead atoms. The van der Waals surface area contributed by atoms with Gasteiger partial charge in [0.1, 0.15) is 5.76 Å². The Morgan fingerprint density at radius 1 is 1.08 bits per heavy atom. The zero-order valence-corrected chi connectivity index (χ0v) is 14.9.